The molecule has 0 saturated carbocycles. The van der Waals surface area contributed by atoms with Gasteiger partial charge in [-0.25, -0.2) is 4.79 Å². The number of ether oxygens (including phenoxy) is 1. The van der Waals surface area contributed by atoms with Gasteiger partial charge < -0.3 is 14.9 Å². The average molecular weight is 364 g/mol. The maximum Gasteiger partial charge on any atom is 0.337 e. The molecule has 1 rings (SSSR count). The molecule has 5 nitrogen and oxygen atoms in total. The van der Waals surface area contributed by atoms with Crippen LogP contribution in [0.4, 0.5) is 0 Å². The fourth-order valence-electron chi connectivity index (χ4n) is 1.43. The Morgan fingerprint density at radius 1 is 1.44 bits per heavy atom. The predicted molar refractivity (Wildman–Crippen MR) is 72.1 cm³/mol. The first-order valence-corrected chi connectivity index (χ1v) is 6.29. The van der Waals surface area contributed by atoms with Gasteiger partial charge in [0.05, 0.1) is 7.11 Å². The molecule has 0 saturated heterocycles. The van der Waals surface area contributed by atoms with Gasteiger partial charge in [-0.05, 0) is 40.6 Å². The summed E-state index contributed by atoms with van der Waals surface area (Å²) >= 11 is 1.96. The molecule has 0 amide bonds. The molecule has 0 aliphatic carbocycles. The highest BCUT2D eigenvalue weighted by Crippen LogP contribution is 2.22. The van der Waals surface area contributed by atoms with E-state index < -0.39 is 12.1 Å². The lowest BCUT2D eigenvalue weighted by atomic mass is 10.0. The third kappa shape index (κ3) is 3.95. The van der Waals surface area contributed by atoms with E-state index in [0.29, 0.717) is 15.6 Å². The third-order valence-corrected chi connectivity index (χ3v) is 3.37. The number of carbonyl (C=O) groups excluding carboxylic acids is 1. The van der Waals surface area contributed by atoms with Gasteiger partial charge in [0.15, 0.2) is 6.10 Å². The lowest BCUT2D eigenvalue weighted by molar-refractivity contribution is -0.147. The average Bonchev–Trinajstić information content (AvgIpc) is 2.35. The van der Waals surface area contributed by atoms with Crippen molar-refractivity contribution in [1.29, 1.82) is 0 Å². The van der Waals surface area contributed by atoms with Crippen LogP contribution in [0.25, 0.3) is 0 Å². The number of methoxy groups -OCH3 is 1. The van der Waals surface area contributed by atoms with E-state index in [2.05, 4.69) is 4.74 Å². The van der Waals surface area contributed by atoms with Gasteiger partial charge in [-0.3, -0.25) is 4.79 Å². The van der Waals surface area contributed by atoms with Crippen molar-refractivity contribution in [3.05, 3.63) is 32.9 Å². The number of aliphatic hydroxyl groups excluding tert-OH is 1. The second-order valence-electron chi connectivity index (χ2n) is 3.67. The smallest absolute Gasteiger partial charge is 0.337 e. The lowest BCUT2D eigenvalue weighted by Gasteiger charge is -2.10. The Morgan fingerprint density at radius 3 is 2.61 bits per heavy atom. The van der Waals surface area contributed by atoms with Crippen LogP contribution in [0.15, 0.2) is 18.2 Å². The van der Waals surface area contributed by atoms with Crippen molar-refractivity contribution in [2.45, 2.75) is 18.9 Å². The summed E-state index contributed by atoms with van der Waals surface area (Å²) in [5, 5.41) is 18.2. The van der Waals surface area contributed by atoms with Crippen molar-refractivity contribution in [2.75, 3.05) is 7.11 Å². The molecule has 18 heavy (non-hydrogen) atoms. The van der Waals surface area contributed by atoms with Crippen LogP contribution in [-0.4, -0.2) is 29.3 Å². The molecule has 0 aliphatic heterocycles. The number of hydrogen-bond donors (Lipinski definition) is 2. The van der Waals surface area contributed by atoms with Gasteiger partial charge in [0.25, 0.3) is 0 Å². The predicted octanol–water partition coefficient (Wildman–Crippen LogP) is 1.51. The molecule has 2 N–H and O–H groups in total. The Morgan fingerprint density at radius 2 is 2.11 bits per heavy atom. The summed E-state index contributed by atoms with van der Waals surface area (Å²) in [6, 6.07) is 5.02. The van der Waals surface area contributed by atoms with Gasteiger partial charge in [0, 0.05) is 15.6 Å². The van der Waals surface area contributed by atoms with Crippen LogP contribution in [0.2, 0.25) is 0 Å². The molecule has 0 aromatic heterocycles. The van der Waals surface area contributed by atoms with Gasteiger partial charge in [0.1, 0.15) is 0 Å². The van der Waals surface area contributed by atoms with Crippen LogP contribution in [0.1, 0.15) is 23.7 Å². The molecule has 1 atom stereocenters. The molecule has 0 radical (unpaired) electrons. The van der Waals surface area contributed by atoms with E-state index in [4.69, 9.17) is 5.11 Å². The first kappa shape index (κ1) is 14.9. The quantitative estimate of drug-likeness (QED) is 0.612. The highest BCUT2D eigenvalue weighted by molar-refractivity contribution is 14.1. The van der Waals surface area contributed by atoms with E-state index in [9.17, 15) is 14.7 Å². The molecule has 1 aromatic carbocycles. The molecular weight excluding hydrogens is 351 g/mol. The van der Waals surface area contributed by atoms with E-state index in [1.54, 1.807) is 18.2 Å². The molecule has 1 unspecified atom stereocenters. The zero-order valence-corrected chi connectivity index (χ0v) is 11.9. The van der Waals surface area contributed by atoms with Crippen LogP contribution < -0.4 is 0 Å². The summed E-state index contributed by atoms with van der Waals surface area (Å²) in [6.07, 6.45) is -0.731. The Hall–Kier alpha value is -1.15. The number of carbonyl (C=O) groups is 2. The largest absolute Gasteiger partial charge is 0.479 e. The minimum absolute atomic E-state index is 0.271. The van der Waals surface area contributed by atoms with Crippen molar-refractivity contribution in [1.82, 2.24) is 0 Å². The number of benzene rings is 1. The minimum atomic E-state index is -1.52. The number of aliphatic carboxylic acids is 1. The molecule has 0 bridgehead atoms. The highest BCUT2D eigenvalue weighted by Gasteiger charge is 2.18. The Bertz CT molecular complexity index is 458. The first-order chi connectivity index (χ1) is 8.45. The lowest BCUT2D eigenvalue weighted by Crippen LogP contribution is -2.12. The number of carboxylic acids is 1. The summed E-state index contributed by atoms with van der Waals surface area (Å²) in [5.74, 6) is -1.57. The summed E-state index contributed by atoms with van der Waals surface area (Å²) in [4.78, 5) is 21.7. The molecule has 1 aromatic rings. The van der Waals surface area contributed by atoms with E-state index in [1.165, 1.54) is 7.11 Å². The number of aliphatic hydroxyl groups is 1. The molecular formula is C12H13IO5. The van der Waals surface area contributed by atoms with Crippen molar-refractivity contribution in [3.8, 4) is 0 Å². The van der Waals surface area contributed by atoms with E-state index in [-0.39, 0.29) is 12.4 Å². The number of rotatable bonds is 5. The van der Waals surface area contributed by atoms with Crippen molar-refractivity contribution in [3.63, 3.8) is 0 Å². The maximum absolute atomic E-state index is 11.0. The summed E-state index contributed by atoms with van der Waals surface area (Å²) in [7, 11) is 1.33. The maximum atomic E-state index is 11.0. The number of esters is 1. The van der Waals surface area contributed by atoms with Crippen LogP contribution in [0.3, 0.4) is 0 Å². The van der Waals surface area contributed by atoms with Crippen molar-refractivity contribution < 1.29 is 24.5 Å². The summed E-state index contributed by atoms with van der Waals surface area (Å²) < 4.78 is 5.19. The van der Waals surface area contributed by atoms with E-state index in [0.717, 1.165) is 5.56 Å². The second kappa shape index (κ2) is 6.69. The Balaban J connectivity index is 2.79. The fourth-order valence-corrected chi connectivity index (χ4v) is 2.30. The molecule has 0 aliphatic rings. The minimum Gasteiger partial charge on any atom is -0.479 e. The molecule has 0 fully saturated rings. The number of carboxylic acid groups (broad SMARTS) is 1. The number of aryl methyl sites for hydroxylation is 1. The molecule has 0 heterocycles. The first-order valence-electron chi connectivity index (χ1n) is 5.21. The SMILES string of the molecule is COC(=O)CCc1ccc(C(O)C(=O)O)c(I)c1. The summed E-state index contributed by atoms with van der Waals surface area (Å²) in [5.41, 5.74) is 1.25. The number of hydrogen-bond acceptors (Lipinski definition) is 4. The van der Waals surface area contributed by atoms with E-state index in [1.807, 2.05) is 22.6 Å². The number of halogens is 1. The normalized spacial score (nSPS) is 11.9. The fraction of sp³-hybridized carbons (Fsp3) is 0.333. The Labute approximate surface area is 118 Å². The zero-order valence-electron chi connectivity index (χ0n) is 9.72. The van der Waals surface area contributed by atoms with Gasteiger partial charge in [-0.2, -0.15) is 0 Å². The van der Waals surface area contributed by atoms with Crippen LogP contribution in [-0.2, 0) is 20.7 Å². The standard InChI is InChI=1S/C12H13IO5/c1-18-10(14)5-3-7-2-4-8(9(13)6-7)11(15)12(16)17/h2,4,6,11,15H,3,5H2,1H3,(H,16,17). The molecule has 98 valence electrons. The van der Waals surface area contributed by atoms with Gasteiger partial charge >= 0.3 is 11.9 Å². The van der Waals surface area contributed by atoms with Gasteiger partial charge in [-0.15, -0.1) is 0 Å². The Kier molecular flexibility index (Phi) is 5.54. The van der Waals surface area contributed by atoms with E-state index >= 15 is 0 Å². The topological polar surface area (TPSA) is 83.8 Å². The van der Waals surface area contributed by atoms with Crippen molar-refractivity contribution >= 4 is 34.5 Å². The molecule has 6 heteroatoms. The van der Waals surface area contributed by atoms with Gasteiger partial charge in [-0.1, -0.05) is 12.1 Å². The third-order valence-electron chi connectivity index (χ3n) is 2.44. The second-order valence-corrected chi connectivity index (χ2v) is 4.83. The van der Waals surface area contributed by atoms with Crippen LogP contribution in [0, 0.1) is 3.57 Å². The van der Waals surface area contributed by atoms with Crippen LogP contribution in [0.5, 0.6) is 0 Å². The van der Waals surface area contributed by atoms with Gasteiger partial charge in [0.2, 0.25) is 0 Å². The highest BCUT2D eigenvalue weighted by atomic mass is 127. The summed E-state index contributed by atoms with van der Waals surface area (Å²) in [6.45, 7) is 0. The van der Waals surface area contributed by atoms with Crippen molar-refractivity contribution in [2.24, 2.45) is 0 Å². The molecule has 0 spiro atoms. The monoisotopic (exact) mass is 364 g/mol. The van der Waals surface area contributed by atoms with Crippen LogP contribution >= 0.6 is 22.6 Å². The zero-order chi connectivity index (χ0) is 13.7.